The molecule has 4 heterocycles. The molecule has 0 saturated carbocycles. The number of nitrogens with one attached hydrogen (secondary N) is 2. The molecule has 10 heteroatoms. The SMILES string of the molecule is COc1ccncc1C(=C(\C#N)c1c[nH]c2ccc(Cl)cc12)/C(=C(\C#N)c1c[nH]c2ccc(Cl)cc12)c1cnccc1OC. The number of hydrogen-bond donors (Lipinski definition) is 2. The average Bonchev–Trinajstić information content (AvgIpc) is 3.66. The Labute approximate surface area is 262 Å². The highest BCUT2D eigenvalue weighted by Crippen LogP contribution is 2.48. The van der Waals surface area contributed by atoms with Crippen LogP contribution in [0.15, 0.2) is 85.7 Å². The molecule has 4 aromatic heterocycles. The van der Waals surface area contributed by atoms with E-state index in [4.69, 9.17) is 32.7 Å². The number of methoxy groups -OCH3 is 2. The lowest BCUT2D eigenvalue weighted by Crippen LogP contribution is -2.03. The number of allylic oxidation sites excluding steroid dienone is 4. The number of halogens is 2. The number of aromatic amines is 2. The number of benzene rings is 2. The third kappa shape index (κ3) is 4.93. The van der Waals surface area contributed by atoms with E-state index in [0.717, 1.165) is 21.8 Å². The molecule has 6 aromatic rings. The lowest BCUT2D eigenvalue weighted by molar-refractivity contribution is 0.412. The van der Waals surface area contributed by atoms with E-state index in [1.54, 1.807) is 73.6 Å². The van der Waals surface area contributed by atoms with Crippen LogP contribution in [0.5, 0.6) is 11.5 Å². The van der Waals surface area contributed by atoms with Gasteiger partial charge in [-0.05, 0) is 48.5 Å². The van der Waals surface area contributed by atoms with Gasteiger partial charge in [0.15, 0.2) is 0 Å². The zero-order chi connectivity index (χ0) is 30.8. The zero-order valence-electron chi connectivity index (χ0n) is 23.4. The lowest BCUT2D eigenvalue weighted by atomic mass is 9.82. The first-order valence-electron chi connectivity index (χ1n) is 13.3. The van der Waals surface area contributed by atoms with Crippen LogP contribution in [0, 0.1) is 22.7 Å². The van der Waals surface area contributed by atoms with E-state index >= 15 is 0 Å². The summed E-state index contributed by atoms with van der Waals surface area (Å²) in [7, 11) is 3.07. The van der Waals surface area contributed by atoms with Crippen LogP contribution in [0.4, 0.5) is 0 Å². The first kappa shape index (κ1) is 28.6. The van der Waals surface area contributed by atoms with Crippen molar-refractivity contribution in [3.8, 4) is 23.6 Å². The summed E-state index contributed by atoms with van der Waals surface area (Å²) in [6.45, 7) is 0. The summed E-state index contributed by atoms with van der Waals surface area (Å²) in [5, 5.41) is 24.4. The normalized spacial score (nSPS) is 12.3. The number of ether oxygens (including phenoxy) is 2. The molecule has 2 N–H and O–H groups in total. The summed E-state index contributed by atoms with van der Waals surface area (Å²) in [4.78, 5) is 15.3. The summed E-state index contributed by atoms with van der Waals surface area (Å²) in [6.07, 6.45) is 9.90. The van der Waals surface area contributed by atoms with Gasteiger partial charge >= 0.3 is 0 Å². The van der Waals surface area contributed by atoms with Gasteiger partial charge in [-0.1, -0.05) is 23.2 Å². The van der Waals surface area contributed by atoms with E-state index in [1.807, 2.05) is 12.1 Å². The van der Waals surface area contributed by atoms with Crippen molar-refractivity contribution in [3.05, 3.63) is 118 Å². The summed E-state index contributed by atoms with van der Waals surface area (Å²) >= 11 is 12.8. The molecule has 0 amide bonds. The van der Waals surface area contributed by atoms with E-state index in [9.17, 15) is 10.5 Å². The van der Waals surface area contributed by atoms with Crippen molar-refractivity contribution in [2.24, 2.45) is 0 Å². The molecule has 0 aliphatic carbocycles. The number of aromatic nitrogens is 4. The Morgan fingerprint density at radius 2 is 1.09 bits per heavy atom. The van der Waals surface area contributed by atoms with Crippen LogP contribution < -0.4 is 9.47 Å². The van der Waals surface area contributed by atoms with Gasteiger partial charge in [0, 0.05) is 102 Å². The molecular weight excluding hydrogens is 595 g/mol. The average molecular weight is 617 g/mol. The summed E-state index contributed by atoms with van der Waals surface area (Å²) in [5.74, 6) is 0.889. The molecular formula is C34H22Cl2N6O2. The summed E-state index contributed by atoms with van der Waals surface area (Å²) in [5.41, 5.74) is 4.94. The third-order valence-corrected chi connectivity index (χ3v) is 7.81. The molecule has 2 aromatic carbocycles. The fourth-order valence-electron chi connectivity index (χ4n) is 5.38. The van der Waals surface area contributed by atoms with Crippen molar-refractivity contribution in [1.29, 1.82) is 10.5 Å². The molecule has 0 bridgehead atoms. The van der Waals surface area contributed by atoms with Crippen LogP contribution >= 0.6 is 23.2 Å². The third-order valence-electron chi connectivity index (χ3n) is 7.34. The highest BCUT2D eigenvalue weighted by Gasteiger charge is 2.29. The van der Waals surface area contributed by atoms with Gasteiger partial charge in [0.25, 0.3) is 0 Å². The maximum Gasteiger partial charge on any atom is 0.129 e. The second kappa shape index (κ2) is 12.0. The first-order chi connectivity index (χ1) is 21.5. The standard InChI is InChI=1S/C34H22Cl2N6O2/c1-43-31-7-9-39-15-27(31)33(23(13-37)25-17-41-29-5-3-19(35)11-21(25)29)34(28-16-40-10-8-32(28)44-2)24(14-38)26-18-42-30-6-4-20(36)12-22(26)30/h3-12,15-18,41-42H,1-2H3/b33-23-,34-24+. The van der Waals surface area contributed by atoms with E-state index in [2.05, 4.69) is 32.1 Å². The monoisotopic (exact) mass is 616 g/mol. The first-order valence-corrected chi connectivity index (χ1v) is 14.0. The van der Waals surface area contributed by atoms with Crippen LogP contribution in [0.1, 0.15) is 22.3 Å². The van der Waals surface area contributed by atoms with Gasteiger partial charge in [-0.25, -0.2) is 0 Å². The predicted octanol–water partition coefficient (Wildman–Crippen LogP) is 8.33. The molecule has 6 rings (SSSR count). The van der Waals surface area contributed by atoms with Gasteiger partial charge in [-0.2, -0.15) is 10.5 Å². The Morgan fingerprint density at radius 3 is 1.48 bits per heavy atom. The molecule has 0 atom stereocenters. The number of nitrogens with zero attached hydrogens (tertiary/aromatic N) is 4. The highest BCUT2D eigenvalue weighted by molar-refractivity contribution is 6.33. The van der Waals surface area contributed by atoms with Crippen molar-refractivity contribution in [1.82, 2.24) is 19.9 Å². The van der Waals surface area contributed by atoms with Crippen molar-refractivity contribution in [2.45, 2.75) is 0 Å². The number of H-pyrrole nitrogens is 2. The van der Waals surface area contributed by atoms with Crippen LogP contribution in [0.2, 0.25) is 10.0 Å². The number of hydrogen-bond acceptors (Lipinski definition) is 6. The molecule has 0 saturated heterocycles. The van der Waals surface area contributed by atoms with Gasteiger partial charge in [0.05, 0.1) is 25.4 Å². The number of fused-ring (bicyclic) bond motifs is 2. The van der Waals surface area contributed by atoms with E-state index in [-0.39, 0.29) is 11.1 Å². The Bertz CT molecular complexity index is 2060. The number of rotatable bonds is 7. The fourth-order valence-corrected chi connectivity index (χ4v) is 5.73. The Morgan fingerprint density at radius 1 is 0.659 bits per heavy atom. The largest absolute Gasteiger partial charge is 0.496 e. The molecule has 0 aliphatic heterocycles. The maximum atomic E-state index is 10.9. The van der Waals surface area contributed by atoms with Crippen molar-refractivity contribution >= 4 is 67.3 Å². The Hall–Kier alpha value is -5.54. The van der Waals surface area contributed by atoms with Gasteiger partial charge in [0.1, 0.15) is 23.6 Å². The summed E-state index contributed by atoms with van der Waals surface area (Å²) < 4.78 is 11.6. The van der Waals surface area contributed by atoms with Crippen LogP contribution in [0.25, 0.3) is 44.1 Å². The second-order valence-corrected chi connectivity index (χ2v) is 10.5. The molecule has 0 unspecified atom stereocenters. The minimum atomic E-state index is 0.247. The van der Waals surface area contributed by atoms with E-state index < -0.39 is 0 Å². The molecule has 8 nitrogen and oxygen atoms in total. The van der Waals surface area contributed by atoms with Crippen molar-refractivity contribution in [3.63, 3.8) is 0 Å². The number of nitriles is 2. The van der Waals surface area contributed by atoms with Gasteiger partial charge in [0.2, 0.25) is 0 Å². The molecule has 0 aliphatic rings. The Balaban J connectivity index is 1.86. The van der Waals surface area contributed by atoms with Gasteiger partial charge in [-0.3, -0.25) is 9.97 Å². The van der Waals surface area contributed by atoms with Crippen molar-refractivity contribution < 1.29 is 9.47 Å². The highest BCUT2D eigenvalue weighted by atomic mass is 35.5. The lowest BCUT2D eigenvalue weighted by Gasteiger charge is -2.21. The molecule has 0 spiro atoms. The minimum absolute atomic E-state index is 0.247. The molecule has 0 fully saturated rings. The maximum absolute atomic E-state index is 10.9. The Kier molecular flexibility index (Phi) is 7.78. The van der Waals surface area contributed by atoms with Crippen molar-refractivity contribution in [2.75, 3.05) is 14.2 Å². The van der Waals surface area contributed by atoms with E-state index in [1.165, 1.54) is 14.2 Å². The smallest absolute Gasteiger partial charge is 0.129 e. The molecule has 0 radical (unpaired) electrons. The fraction of sp³-hybridized carbons (Fsp3) is 0.0588. The number of pyridine rings is 2. The van der Waals surface area contributed by atoms with Crippen LogP contribution in [0.3, 0.4) is 0 Å². The zero-order valence-corrected chi connectivity index (χ0v) is 25.0. The summed E-state index contributed by atoms with van der Waals surface area (Å²) in [6, 6.07) is 19.1. The molecule has 44 heavy (non-hydrogen) atoms. The van der Waals surface area contributed by atoms with Crippen LogP contribution in [-0.2, 0) is 0 Å². The van der Waals surface area contributed by atoms with Crippen LogP contribution in [-0.4, -0.2) is 34.2 Å². The quantitative estimate of drug-likeness (QED) is 0.137. The minimum Gasteiger partial charge on any atom is -0.496 e. The van der Waals surface area contributed by atoms with Gasteiger partial charge in [-0.15, -0.1) is 0 Å². The van der Waals surface area contributed by atoms with E-state index in [0.29, 0.717) is 54.9 Å². The topological polar surface area (TPSA) is 123 Å². The predicted molar refractivity (Wildman–Crippen MR) is 173 cm³/mol. The second-order valence-electron chi connectivity index (χ2n) is 9.66. The van der Waals surface area contributed by atoms with Gasteiger partial charge < -0.3 is 19.4 Å². The molecule has 214 valence electrons.